The molecule has 0 saturated carbocycles. The van der Waals surface area contributed by atoms with Gasteiger partial charge < -0.3 is 0 Å². The van der Waals surface area contributed by atoms with Crippen molar-refractivity contribution in [1.29, 1.82) is 0 Å². The Morgan fingerprint density at radius 2 is 1.22 bits per heavy atom. The molecule has 3 aromatic heterocycles. The van der Waals surface area contributed by atoms with E-state index in [1.807, 2.05) is 11.3 Å². The lowest BCUT2D eigenvalue weighted by Gasteiger charge is -2.22. The highest BCUT2D eigenvalue weighted by Crippen LogP contribution is 2.50. The summed E-state index contributed by atoms with van der Waals surface area (Å²) in [5, 5.41) is 8.59. The fourth-order valence-corrected chi connectivity index (χ4v) is 9.81. The number of nitrogens with zero attached hydrogens (tertiary/aromatic N) is 3. The monoisotopic (exact) mass is 643 g/mol. The maximum absolute atomic E-state index is 5.54. The number of thiophene rings is 1. The normalized spacial score (nSPS) is 13.7. The number of para-hydroxylation sites is 2. The first-order valence-corrected chi connectivity index (χ1v) is 17.7. The number of fused-ring (bicyclic) bond motifs is 14. The molecule has 49 heavy (non-hydrogen) atoms. The lowest BCUT2D eigenvalue weighted by atomic mass is 9.82. The molecule has 11 rings (SSSR count). The lowest BCUT2D eigenvalue weighted by Crippen LogP contribution is -2.15. The predicted molar refractivity (Wildman–Crippen MR) is 207 cm³/mol. The molecule has 0 amide bonds. The van der Waals surface area contributed by atoms with Crippen molar-refractivity contribution in [1.82, 2.24) is 14.5 Å². The molecule has 3 nitrogen and oxygen atoms in total. The molecule has 0 atom stereocenters. The predicted octanol–water partition coefficient (Wildman–Crippen LogP) is 12.2. The maximum Gasteiger partial charge on any atom is 0.235 e. The third kappa shape index (κ3) is 3.56. The van der Waals surface area contributed by atoms with E-state index in [0.29, 0.717) is 5.95 Å². The summed E-state index contributed by atoms with van der Waals surface area (Å²) in [5.41, 5.74) is 10.5. The molecular formula is C45H29N3S. The van der Waals surface area contributed by atoms with Gasteiger partial charge in [-0.05, 0) is 51.9 Å². The smallest absolute Gasteiger partial charge is 0.235 e. The van der Waals surface area contributed by atoms with Crippen LogP contribution in [0.1, 0.15) is 25.0 Å². The van der Waals surface area contributed by atoms with Gasteiger partial charge in [0.15, 0.2) is 0 Å². The molecule has 0 fully saturated rings. The molecule has 0 spiro atoms. The molecule has 0 bridgehead atoms. The number of hydrogen-bond acceptors (Lipinski definition) is 3. The van der Waals surface area contributed by atoms with Crippen LogP contribution in [0, 0.1) is 0 Å². The first-order chi connectivity index (χ1) is 24.1. The molecule has 1 aliphatic rings. The quantitative estimate of drug-likeness (QED) is 0.188. The minimum Gasteiger partial charge on any atom is -0.277 e. The zero-order valence-electron chi connectivity index (χ0n) is 27.0. The van der Waals surface area contributed by atoms with E-state index in [4.69, 9.17) is 9.97 Å². The average molecular weight is 644 g/mol. The second kappa shape index (κ2) is 9.62. The molecule has 7 aromatic carbocycles. The summed E-state index contributed by atoms with van der Waals surface area (Å²) in [6.07, 6.45) is 0. The molecule has 1 aliphatic carbocycles. The molecule has 4 heteroatoms. The van der Waals surface area contributed by atoms with Gasteiger partial charge in [-0.1, -0.05) is 129 Å². The van der Waals surface area contributed by atoms with Gasteiger partial charge in [-0.3, -0.25) is 4.57 Å². The standard InChI is InChI=1S/C45H29N3S/c1-45(2)34-19-9-5-13-27(34)28-24-23-26(25-35(28)45)41-31-16-6-10-20-36(31)46-44(47-41)48-37-21-11-7-17-32(37)39-29-14-3-4-15-30(29)43-40(42(39)48)33-18-8-12-22-38(33)49-43/h3-25H,1-2H3. The summed E-state index contributed by atoms with van der Waals surface area (Å²) in [5.74, 6) is 0.690. The van der Waals surface area contributed by atoms with Crippen LogP contribution < -0.4 is 0 Å². The number of benzene rings is 7. The second-order valence-electron chi connectivity index (χ2n) is 13.7. The van der Waals surface area contributed by atoms with Crippen molar-refractivity contribution in [3.8, 4) is 28.3 Å². The zero-order chi connectivity index (χ0) is 32.4. The van der Waals surface area contributed by atoms with Crippen LogP contribution in [-0.4, -0.2) is 14.5 Å². The fourth-order valence-electron chi connectivity index (χ4n) is 8.56. The van der Waals surface area contributed by atoms with Gasteiger partial charge in [-0.25, -0.2) is 9.97 Å². The number of rotatable bonds is 2. The summed E-state index contributed by atoms with van der Waals surface area (Å²) in [4.78, 5) is 10.9. The molecule has 0 aliphatic heterocycles. The van der Waals surface area contributed by atoms with Crippen LogP contribution in [0.25, 0.3) is 92.0 Å². The third-order valence-electron chi connectivity index (χ3n) is 10.8. The fraction of sp³-hybridized carbons (Fsp3) is 0.0667. The molecule has 0 radical (unpaired) electrons. The van der Waals surface area contributed by atoms with E-state index in [-0.39, 0.29) is 5.41 Å². The Kier molecular flexibility index (Phi) is 5.33. The summed E-state index contributed by atoms with van der Waals surface area (Å²) >= 11 is 1.87. The van der Waals surface area contributed by atoms with Gasteiger partial charge in [0.2, 0.25) is 5.95 Å². The summed E-state index contributed by atoms with van der Waals surface area (Å²) in [6, 6.07) is 50.6. The highest BCUT2D eigenvalue weighted by Gasteiger charge is 2.35. The SMILES string of the molecule is CC1(C)c2ccccc2-c2ccc(-c3nc(-n4c5ccccc5c5c6ccccc6c6sc7ccccc7c6c54)nc4ccccc34)cc21. The van der Waals surface area contributed by atoms with Crippen molar-refractivity contribution < 1.29 is 0 Å². The van der Waals surface area contributed by atoms with Gasteiger partial charge in [0.1, 0.15) is 0 Å². The van der Waals surface area contributed by atoms with Gasteiger partial charge in [0.25, 0.3) is 0 Å². The van der Waals surface area contributed by atoms with Crippen LogP contribution in [-0.2, 0) is 5.41 Å². The van der Waals surface area contributed by atoms with Crippen molar-refractivity contribution in [3.05, 3.63) is 151 Å². The van der Waals surface area contributed by atoms with Gasteiger partial charge in [-0.15, -0.1) is 11.3 Å². The Hall–Kier alpha value is -5.84. The molecule has 10 aromatic rings. The molecule has 0 saturated heterocycles. The first kappa shape index (κ1) is 27.1. The minimum absolute atomic E-state index is 0.104. The Balaban J connectivity index is 1.28. The van der Waals surface area contributed by atoms with E-state index in [1.54, 1.807) is 0 Å². The topological polar surface area (TPSA) is 30.7 Å². The van der Waals surface area contributed by atoms with Gasteiger partial charge in [0, 0.05) is 52.7 Å². The second-order valence-corrected chi connectivity index (χ2v) is 14.8. The minimum atomic E-state index is -0.104. The van der Waals surface area contributed by atoms with Crippen LogP contribution in [0.15, 0.2) is 140 Å². The summed E-state index contributed by atoms with van der Waals surface area (Å²) in [6.45, 7) is 4.67. The molecular weight excluding hydrogens is 615 g/mol. The van der Waals surface area contributed by atoms with Gasteiger partial charge >= 0.3 is 0 Å². The van der Waals surface area contributed by atoms with E-state index < -0.39 is 0 Å². The first-order valence-electron chi connectivity index (χ1n) is 16.8. The lowest BCUT2D eigenvalue weighted by molar-refractivity contribution is 0.660. The van der Waals surface area contributed by atoms with Crippen LogP contribution in [0.4, 0.5) is 0 Å². The number of hydrogen-bond donors (Lipinski definition) is 0. The van der Waals surface area contributed by atoms with Crippen molar-refractivity contribution in [3.63, 3.8) is 0 Å². The van der Waals surface area contributed by atoms with Crippen molar-refractivity contribution in [2.75, 3.05) is 0 Å². The highest BCUT2D eigenvalue weighted by atomic mass is 32.1. The van der Waals surface area contributed by atoms with Crippen LogP contribution in [0.2, 0.25) is 0 Å². The molecule has 0 unspecified atom stereocenters. The van der Waals surface area contributed by atoms with E-state index in [0.717, 1.165) is 27.7 Å². The highest BCUT2D eigenvalue weighted by molar-refractivity contribution is 7.27. The average Bonchev–Trinajstić information content (AvgIpc) is 3.78. The van der Waals surface area contributed by atoms with Crippen molar-refractivity contribution >= 4 is 75.0 Å². The summed E-state index contributed by atoms with van der Waals surface area (Å²) in [7, 11) is 0. The van der Waals surface area contributed by atoms with Crippen LogP contribution in [0.3, 0.4) is 0 Å². The molecule has 0 N–H and O–H groups in total. The van der Waals surface area contributed by atoms with Gasteiger partial charge in [-0.2, -0.15) is 0 Å². The van der Waals surface area contributed by atoms with Crippen molar-refractivity contribution in [2.24, 2.45) is 0 Å². The van der Waals surface area contributed by atoms with Gasteiger partial charge in [0.05, 0.1) is 22.2 Å². The Bertz CT molecular complexity index is 3030. The van der Waals surface area contributed by atoms with Crippen LogP contribution in [0.5, 0.6) is 0 Å². The summed E-state index contributed by atoms with van der Waals surface area (Å²) < 4.78 is 4.92. The van der Waals surface area contributed by atoms with Crippen LogP contribution >= 0.6 is 11.3 Å². The Morgan fingerprint density at radius 3 is 2.10 bits per heavy atom. The van der Waals surface area contributed by atoms with E-state index in [9.17, 15) is 0 Å². The van der Waals surface area contributed by atoms with E-state index >= 15 is 0 Å². The zero-order valence-corrected chi connectivity index (χ0v) is 27.8. The molecule has 230 valence electrons. The molecule has 3 heterocycles. The van der Waals surface area contributed by atoms with E-state index in [2.05, 4.69) is 158 Å². The van der Waals surface area contributed by atoms with Crippen molar-refractivity contribution in [2.45, 2.75) is 19.3 Å². The third-order valence-corrected chi connectivity index (χ3v) is 12.0. The van der Waals surface area contributed by atoms with E-state index in [1.165, 1.54) is 69.5 Å². The Labute approximate surface area is 286 Å². The largest absolute Gasteiger partial charge is 0.277 e. The number of aromatic nitrogens is 3. The Morgan fingerprint density at radius 1 is 0.551 bits per heavy atom. The maximum atomic E-state index is 5.54.